The third kappa shape index (κ3) is 4.23. The van der Waals surface area contributed by atoms with Crippen LogP contribution < -0.4 is 21.5 Å². The molecule has 3 heterocycles. The zero-order valence-electron chi connectivity index (χ0n) is 20.2. The topological polar surface area (TPSA) is 94.2 Å². The number of hydrogen-bond donors (Lipinski definition) is 1. The van der Waals surface area contributed by atoms with E-state index in [0.717, 1.165) is 10.3 Å². The van der Waals surface area contributed by atoms with Crippen LogP contribution in [-0.4, -0.2) is 31.1 Å². The number of nitrogens with zero attached hydrogens (tertiary/aromatic N) is 5. The average Bonchev–Trinajstić information content (AvgIpc) is 3.27. The number of aryl methyl sites for hydroxylation is 1. The fourth-order valence-electron chi connectivity index (χ4n) is 4.65. The van der Waals surface area contributed by atoms with Gasteiger partial charge in [0, 0.05) is 31.5 Å². The van der Waals surface area contributed by atoms with Crippen LogP contribution in [0.3, 0.4) is 0 Å². The van der Waals surface area contributed by atoms with Crippen molar-refractivity contribution < 1.29 is 9.18 Å². The van der Waals surface area contributed by atoms with Gasteiger partial charge in [-0.3, -0.25) is 18.7 Å². The highest BCUT2D eigenvalue weighted by Crippen LogP contribution is 2.34. The summed E-state index contributed by atoms with van der Waals surface area (Å²) in [6, 6.07) is 11.6. The van der Waals surface area contributed by atoms with E-state index in [9.17, 15) is 18.8 Å². The van der Waals surface area contributed by atoms with Crippen molar-refractivity contribution in [1.82, 2.24) is 18.7 Å². The third-order valence-corrected chi connectivity index (χ3v) is 6.84. The fraction of sp³-hybridized carbons (Fsp3) is 0.231. The fourth-order valence-corrected chi connectivity index (χ4v) is 4.83. The van der Waals surface area contributed by atoms with Crippen molar-refractivity contribution in [2.24, 2.45) is 13.0 Å². The molecule has 4 aromatic rings. The number of benzene rings is 2. The molecule has 0 aliphatic carbocycles. The molecule has 0 saturated carbocycles. The van der Waals surface area contributed by atoms with Crippen LogP contribution in [0.1, 0.15) is 12.5 Å². The summed E-state index contributed by atoms with van der Waals surface area (Å²) in [5.74, 6) is -0.304. The van der Waals surface area contributed by atoms with Crippen LogP contribution in [0.5, 0.6) is 0 Å². The summed E-state index contributed by atoms with van der Waals surface area (Å²) < 4.78 is 18.2. The Morgan fingerprint density at radius 1 is 1.24 bits per heavy atom. The average molecular weight is 523 g/mol. The minimum absolute atomic E-state index is 0.130. The molecular formula is C26H24ClFN6O3. The van der Waals surface area contributed by atoms with Gasteiger partial charge in [-0.2, -0.15) is 4.98 Å². The molecule has 1 aliphatic rings. The number of carbonyl (C=O) groups is 1. The number of imidazole rings is 1. The van der Waals surface area contributed by atoms with E-state index in [0.29, 0.717) is 30.3 Å². The number of nitrogens with one attached hydrogen (secondary N) is 1. The molecule has 1 unspecified atom stereocenters. The van der Waals surface area contributed by atoms with E-state index in [-0.39, 0.29) is 34.6 Å². The third-order valence-electron chi connectivity index (χ3n) is 6.41. The molecule has 0 spiro atoms. The van der Waals surface area contributed by atoms with Gasteiger partial charge in [0.05, 0.1) is 11.6 Å². The molecule has 190 valence electrons. The molecule has 1 amide bonds. The molecule has 9 nitrogen and oxygen atoms in total. The second-order valence-corrected chi connectivity index (χ2v) is 9.48. The molecule has 2 aromatic carbocycles. The molecule has 1 N–H and O–H groups in total. The lowest BCUT2D eigenvalue weighted by Gasteiger charge is -2.33. The summed E-state index contributed by atoms with van der Waals surface area (Å²) in [6.07, 6.45) is 1.19. The second-order valence-electron chi connectivity index (χ2n) is 9.10. The van der Waals surface area contributed by atoms with Crippen molar-refractivity contribution in [2.75, 3.05) is 16.8 Å². The largest absolute Gasteiger partial charge is 0.332 e. The van der Waals surface area contributed by atoms with Gasteiger partial charge < -0.3 is 14.8 Å². The van der Waals surface area contributed by atoms with Crippen molar-refractivity contribution in [3.63, 3.8) is 0 Å². The Kier molecular flexibility index (Phi) is 6.20. The molecule has 0 fully saturated rings. The Morgan fingerprint density at radius 2 is 2.00 bits per heavy atom. The van der Waals surface area contributed by atoms with Crippen LogP contribution in [0.25, 0.3) is 11.2 Å². The van der Waals surface area contributed by atoms with Crippen LogP contribution in [0.2, 0.25) is 5.02 Å². The number of fused-ring (bicyclic) bond motifs is 3. The summed E-state index contributed by atoms with van der Waals surface area (Å²) in [5.41, 5.74) is 1.10. The molecule has 1 aliphatic heterocycles. The SMILES string of the molecule is C=CC(=O)Nc1cccc(N2CC(C)Cn3c2nc2c3c(=O)n(Cc3cccc(F)c3Cl)c(=O)n2C)c1. The monoisotopic (exact) mass is 522 g/mol. The van der Waals surface area contributed by atoms with Gasteiger partial charge in [0.15, 0.2) is 11.2 Å². The Hall–Kier alpha value is -4.18. The van der Waals surface area contributed by atoms with E-state index in [4.69, 9.17) is 16.6 Å². The summed E-state index contributed by atoms with van der Waals surface area (Å²) in [7, 11) is 1.55. The van der Waals surface area contributed by atoms with Gasteiger partial charge in [-0.25, -0.2) is 9.18 Å². The van der Waals surface area contributed by atoms with Crippen LogP contribution in [0.4, 0.5) is 21.7 Å². The molecule has 0 bridgehead atoms. The maximum absolute atomic E-state index is 14.0. The van der Waals surface area contributed by atoms with Gasteiger partial charge in [0.25, 0.3) is 5.56 Å². The van der Waals surface area contributed by atoms with Gasteiger partial charge in [-0.05, 0) is 41.8 Å². The predicted molar refractivity (Wildman–Crippen MR) is 141 cm³/mol. The molecular weight excluding hydrogens is 499 g/mol. The van der Waals surface area contributed by atoms with Gasteiger partial charge in [0.2, 0.25) is 11.9 Å². The van der Waals surface area contributed by atoms with Crippen LogP contribution in [0.15, 0.2) is 64.7 Å². The highest BCUT2D eigenvalue weighted by atomic mass is 35.5. The van der Waals surface area contributed by atoms with Gasteiger partial charge in [-0.15, -0.1) is 0 Å². The Morgan fingerprint density at radius 3 is 2.76 bits per heavy atom. The first-order valence-electron chi connectivity index (χ1n) is 11.6. The lowest BCUT2D eigenvalue weighted by molar-refractivity contribution is -0.111. The number of anilines is 3. The zero-order chi connectivity index (χ0) is 26.4. The first-order valence-corrected chi connectivity index (χ1v) is 12.0. The van der Waals surface area contributed by atoms with Crippen molar-refractivity contribution >= 4 is 46.0 Å². The van der Waals surface area contributed by atoms with E-state index in [1.807, 2.05) is 27.7 Å². The molecule has 0 radical (unpaired) electrons. The second kappa shape index (κ2) is 9.36. The molecule has 37 heavy (non-hydrogen) atoms. The predicted octanol–water partition coefficient (Wildman–Crippen LogP) is 3.65. The number of rotatable bonds is 5. The van der Waals surface area contributed by atoms with E-state index < -0.39 is 17.1 Å². The molecule has 0 saturated heterocycles. The molecule has 5 rings (SSSR count). The maximum Gasteiger partial charge on any atom is 0.332 e. The Bertz CT molecular complexity index is 1690. The number of aromatic nitrogens is 4. The van der Waals surface area contributed by atoms with E-state index >= 15 is 0 Å². The van der Waals surface area contributed by atoms with E-state index in [1.165, 1.54) is 22.8 Å². The first kappa shape index (κ1) is 24.5. The van der Waals surface area contributed by atoms with Crippen molar-refractivity contribution in [2.45, 2.75) is 20.0 Å². The lowest BCUT2D eigenvalue weighted by Crippen LogP contribution is -2.40. The minimum atomic E-state index is -0.622. The number of carbonyl (C=O) groups excluding carboxylic acids is 1. The first-order chi connectivity index (χ1) is 17.7. The van der Waals surface area contributed by atoms with Gasteiger partial charge >= 0.3 is 5.69 Å². The quantitative estimate of drug-likeness (QED) is 0.404. The Balaban J connectivity index is 1.66. The maximum atomic E-state index is 14.0. The summed E-state index contributed by atoms with van der Waals surface area (Å²) in [4.78, 5) is 45.3. The zero-order valence-corrected chi connectivity index (χ0v) is 21.0. The molecule has 2 aromatic heterocycles. The van der Waals surface area contributed by atoms with E-state index in [1.54, 1.807) is 19.2 Å². The van der Waals surface area contributed by atoms with Crippen molar-refractivity contribution in [3.05, 3.63) is 92.4 Å². The van der Waals surface area contributed by atoms with Crippen LogP contribution in [0, 0.1) is 11.7 Å². The number of hydrogen-bond acceptors (Lipinski definition) is 5. The lowest BCUT2D eigenvalue weighted by atomic mass is 10.1. The van der Waals surface area contributed by atoms with Gasteiger partial charge in [0.1, 0.15) is 5.82 Å². The Labute approximate surface area is 216 Å². The van der Waals surface area contributed by atoms with Crippen molar-refractivity contribution in [1.29, 1.82) is 0 Å². The summed E-state index contributed by atoms with van der Waals surface area (Å²) in [6.45, 7) is 6.49. The normalized spacial score (nSPS) is 15.0. The minimum Gasteiger partial charge on any atom is -0.322 e. The van der Waals surface area contributed by atoms with E-state index in [2.05, 4.69) is 18.8 Å². The van der Waals surface area contributed by atoms with Gasteiger partial charge in [-0.1, -0.05) is 43.3 Å². The smallest absolute Gasteiger partial charge is 0.322 e. The molecule has 1 atom stereocenters. The standard InChI is InChI=1S/C26H24ClFN6O3/c1-4-20(35)29-17-8-6-9-18(11-17)32-12-15(2)13-33-22-23(30-25(32)33)31(3)26(37)34(24(22)36)14-16-7-5-10-19(28)21(16)27/h4-11,15H,1,12-14H2,2-3H3,(H,29,35). The van der Waals surface area contributed by atoms with Crippen LogP contribution >= 0.6 is 11.6 Å². The molecule has 11 heteroatoms. The highest BCUT2D eigenvalue weighted by molar-refractivity contribution is 6.31. The number of halogens is 2. The summed E-state index contributed by atoms with van der Waals surface area (Å²) >= 11 is 6.10. The van der Waals surface area contributed by atoms with Crippen molar-refractivity contribution in [3.8, 4) is 0 Å². The van der Waals surface area contributed by atoms with Crippen LogP contribution in [-0.2, 0) is 24.9 Å². The highest BCUT2D eigenvalue weighted by Gasteiger charge is 2.30. The summed E-state index contributed by atoms with van der Waals surface area (Å²) in [5, 5.41) is 2.62. The number of amides is 1.